The van der Waals surface area contributed by atoms with E-state index in [2.05, 4.69) is 32.9 Å². The summed E-state index contributed by atoms with van der Waals surface area (Å²) in [5, 5.41) is 10.0. The molecule has 2 rings (SSSR count). The van der Waals surface area contributed by atoms with Crippen LogP contribution >= 0.6 is 35.3 Å². The first-order chi connectivity index (χ1) is 10.6. The van der Waals surface area contributed by atoms with Crippen molar-refractivity contribution in [1.82, 2.24) is 15.6 Å². The molecule has 1 saturated carbocycles. The lowest BCUT2D eigenvalue weighted by Gasteiger charge is -2.28. The van der Waals surface area contributed by atoms with E-state index < -0.39 is 0 Å². The zero-order chi connectivity index (χ0) is 16.0. The summed E-state index contributed by atoms with van der Waals surface area (Å²) >= 11 is 1.67. The number of guanidine groups is 1. The molecule has 0 amide bonds. The minimum Gasteiger partial charge on any atom is -0.356 e. The molecule has 0 unspecified atom stereocenters. The fourth-order valence-corrected chi connectivity index (χ4v) is 3.79. The van der Waals surface area contributed by atoms with Gasteiger partial charge < -0.3 is 15.5 Å². The summed E-state index contributed by atoms with van der Waals surface area (Å²) in [7, 11) is 5.86. The van der Waals surface area contributed by atoms with Crippen LogP contribution in [0.3, 0.4) is 0 Å². The molecule has 1 aliphatic carbocycles. The van der Waals surface area contributed by atoms with E-state index in [0.29, 0.717) is 12.0 Å². The molecule has 132 valence electrons. The van der Waals surface area contributed by atoms with E-state index >= 15 is 0 Å². The van der Waals surface area contributed by atoms with Crippen molar-refractivity contribution in [2.75, 3.05) is 32.6 Å². The predicted molar refractivity (Wildman–Crippen MR) is 111 cm³/mol. The fraction of sp³-hybridized carbons (Fsp3) is 0.750. The van der Waals surface area contributed by atoms with Gasteiger partial charge in [0.2, 0.25) is 0 Å². The van der Waals surface area contributed by atoms with Crippen LogP contribution in [0.15, 0.2) is 10.4 Å². The molecule has 1 aliphatic rings. The average molecular weight is 451 g/mol. The number of nitrogens with one attached hydrogen (secondary N) is 2. The van der Waals surface area contributed by atoms with Gasteiger partial charge in [0.1, 0.15) is 0 Å². The average Bonchev–Trinajstić information content (AvgIpc) is 3.17. The molecule has 23 heavy (non-hydrogen) atoms. The van der Waals surface area contributed by atoms with Gasteiger partial charge in [-0.15, -0.1) is 35.3 Å². The second-order valence-corrected chi connectivity index (χ2v) is 7.19. The Morgan fingerprint density at radius 2 is 2.04 bits per heavy atom. The van der Waals surface area contributed by atoms with Crippen molar-refractivity contribution in [3.63, 3.8) is 0 Å². The monoisotopic (exact) mass is 451 g/mol. The zero-order valence-corrected chi connectivity index (χ0v) is 17.8. The molecular weight excluding hydrogens is 421 g/mol. The quantitative estimate of drug-likeness (QED) is 0.395. The summed E-state index contributed by atoms with van der Waals surface area (Å²) in [6.07, 6.45) is 6.66. The van der Waals surface area contributed by atoms with E-state index in [4.69, 9.17) is 0 Å². The fourth-order valence-electron chi connectivity index (χ4n) is 3.03. The molecule has 1 aromatic rings. The normalized spacial score (nSPS) is 16.8. The van der Waals surface area contributed by atoms with Crippen LogP contribution < -0.4 is 15.5 Å². The minimum atomic E-state index is 0. The first-order valence-electron chi connectivity index (χ1n) is 8.15. The van der Waals surface area contributed by atoms with Crippen molar-refractivity contribution < 1.29 is 0 Å². The van der Waals surface area contributed by atoms with Gasteiger partial charge >= 0.3 is 0 Å². The van der Waals surface area contributed by atoms with Gasteiger partial charge in [0.15, 0.2) is 11.1 Å². The molecule has 7 heteroatoms. The van der Waals surface area contributed by atoms with Crippen LogP contribution in [-0.2, 0) is 6.54 Å². The Morgan fingerprint density at radius 3 is 2.57 bits per heavy atom. The maximum Gasteiger partial charge on any atom is 0.191 e. The highest BCUT2D eigenvalue weighted by Crippen LogP contribution is 2.40. The Bertz CT molecular complexity index is 494. The molecule has 0 spiro atoms. The Balaban J connectivity index is 0.00000264. The second-order valence-electron chi connectivity index (χ2n) is 6.36. The Labute approximate surface area is 161 Å². The number of aliphatic imine (C=N–C) groups is 1. The Hall–Kier alpha value is -0.570. The molecule has 1 fully saturated rings. The number of aromatic nitrogens is 1. The highest BCUT2D eigenvalue weighted by molar-refractivity contribution is 14.0. The highest BCUT2D eigenvalue weighted by Gasteiger charge is 2.31. The summed E-state index contributed by atoms with van der Waals surface area (Å²) < 4.78 is 0. The molecule has 0 aromatic carbocycles. The number of hydrogen-bond acceptors (Lipinski definition) is 4. The van der Waals surface area contributed by atoms with Gasteiger partial charge in [-0.25, -0.2) is 4.98 Å². The number of nitrogens with zero attached hydrogens (tertiary/aromatic N) is 3. The van der Waals surface area contributed by atoms with Gasteiger partial charge in [-0.1, -0.05) is 19.8 Å². The molecule has 0 atom stereocenters. The molecule has 2 N–H and O–H groups in total. The smallest absolute Gasteiger partial charge is 0.191 e. The minimum absolute atomic E-state index is 0. The molecule has 1 heterocycles. The maximum atomic E-state index is 4.58. The number of rotatable bonds is 6. The van der Waals surface area contributed by atoms with E-state index in [-0.39, 0.29) is 24.0 Å². The third-order valence-corrected chi connectivity index (χ3v) is 5.68. The predicted octanol–water partition coefficient (Wildman–Crippen LogP) is 3.46. The first-order valence-corrected chi connectivity index (χ1v) is 9.03. The van der Waals surface area contributed by atoms with Crippen LogP contribution in [0.5, 0.6) is 0 Å². The summed E-state index contributed by atoms with van der Waals surface area (Å²) in [5.41, 5.74) is 1.53. The van der Waals surface area contributed by atoms with Crippen molar-refractivity contribution >= 4 is 46.4 Å². The van der Waals surface area contributed by atoms with Crippen LogP contribution in [0.2, 0.25) is 0 Å². The van der Waals surface area contributed by atoms with E-state index in [1.165, 1.54) is 32.1 Å². The van der Waals surface area contributed by atoms with Crippen LogP contribution in [0.4, 0.5) is 5.13 Å². The topological polar surface area (TPSA) is 52.6 Å². The van der Waals surface area contributed by atoms with Gasteiger partial charge in [0.05, 0.1) is 12.2 Å². The third kappa shape index (κ3) is 5.77. The number of thiazole rings is 1. The van der Waals surface area contributed by atoms with Gasteiger partial charge in [0.25, 0.3) is 0 Å². The summed E-state index contributed by atoms with van der Waals surface area (Å²) in [5.74, 6) is 0.874. The van der Waals surface area contributed by atoms with E-state index in [1.54, 1.807) is 11.3 Å². The van der Waals surface area contributed by atoms with Crippen molar-refractivity contribution in [1.29, 1.82) is 0 Å². The molecule has 0 radical (unpaired) electrons. The van der Waals surface area contributed by atoms with Crippen molar-refractivity contribution in [2.45, 2.75) is 45.6 Å². The van der Waals surface area contributed by atoms with Crippen molar-refractivity contribution in [2.24, 2.45) is 10.4 Å². The standard InChI is InChI=1S/C16H29N5S.HI/c1-5-16(8-6-7-9-16)12-19-14(17-2)18-10-13-11-22-15(20-13)21(3)4;/h11H,5-10,12H2,1-4H3,(H2,17,18,19);1H. The molecule has 5 nitrogen and oxygen atoms in total. The van der Waals surface area contributed by atoms with Crippen LogP contribution in [0.1, 0.15) is 44.7 Å². The van der Waals surface area contributed by atoms with Gasteiger partial charge in [0, 0.05) is 33.1 Å². The van der Waals surface area contributed by atoms with Crippen LogP contribution in [0, 0.1) is 5.41 Å². The van der Waals surface area contributed by atoms with E-state index in [0.717, 1.165) is 23.3 Å². The lowest BCUT2D eigenvalue weighted by Crippen LogP contribution is -2.42. The Morgan fingerprint density at radius 1 is 1.35 bits per heavy atom. The van der Waals surface area contributed by atoms with Gasteiger partial charge in [-0.3, -0.25) is 4.99 Å². The lowest BCUT2D eigenvalue weighted by atomic mass is 9.83. The number of hydrogen-bond donors (Lipinski definition) is 2. The van der Waals surface area contributed by atoms with E-state index in [9.17, 15) is 0 Å². The third-order valence-electron chi connectivity index (χ3n) is 4.63. The largest absolute Gasteiger partial charge is 0.356 e. The van der Waals surface area contributed by atoms with Crippen LogP contribution in [-0.4, -0.2) is 38.6 Å². The number of anilines is 1. The maximum absolute atomic E-state index is 4.58. The van der Waals surface area contributed by atoms with Crippen molar-refractivity contribution in [3.8, 4) is 0 Å². The molecule has 0 aliphatic heterocycles. The molecular formula is C16H30IN5S. The second kappa shape index (κ2) is 9.66. The summed E-state index contributed by atoms with van der Waals surface area (Å²) in [6.45, 7) is 4.04. The molecule has 1 aromatic heterocycles. The molecule has 0 bridgehead atoms. The zero-order valence-electron chi connectivity index (χ0n) is 14.7. The van der Waals surface area contributed by atoms with Crippen LogP contribution in [0.25, 0.3) is 0 Å². The van der Waals surface area contributed by atoms with Gasteiger partial charge in [-0.2, -0.15) is 0 Å². The lowest BCUT2D eigenvalue weighted by molar-refractivity contribution is 0.283. The SMILES string of the molecule is CCC1(CNC(=NC)NCc2csc(N(C)C)n2)CCCC1.I. The van der Waals surface area contributed by atoms with E-state index in [1.807, 2.05) is 26.0 Å². The van der Waals surface area contributed by atoms with Crippen molar-refractivity contribution in [3.05, 3.63) is 11.1 Å². The number of halogens is 1. The summed E-state index contributed by atoms with van der Waals surface area (Å²) in [4.78, 5) is 10.9. The highest BCUT2D eigenvalue weighted by atomic mass is 127. The first kappa shape index (κ1) is 20.5. The Kier molecular flexibility index (Phi) is 8.60. The summed E-state index contributed by atoms with van der Waals surface area (Å²) in [6, 6.07) is 0. The van der Waals surface area contributed by atoms with Gasteiger partial charge in [-0.05, 0) is 24.7 Å². The molecule has 0 saturated heterocycles.